The molecule has 0 saturated carbocycles. The van der Waals surface area contributed by atoms with Gasteiger partial charge in [0.25, 0.3) is 11.5 Å². The van der Waals surface area contributed by atoms with E-state index in [1.165, 1.54) is 10.9 Å². The highest BCUT2D eigenvalue weighted by atomic mass is 16.3. The third-order valence-corrected chi connectivity index (χ3v) is 5.28. The molecule has 2 amide bonds. The number of furan rings is 1. The van der Waals surface area contributed by atoms with E-state index in [1.807, 2.05) is 24.3 Å². The van der Waals surface area contributed by atoms with Crippen molar-refractivity contribution in [1.29, 1.82) is 0 Å². The molecule has 2 N–H and O–H groups in total. The molecule has 5 rings (SSSR count). The number of nitrogens with zero attached hydrogens (tertiary/aromatic N) is 3. The van der Waals surface area contributed by atoms with Crippen molar-refractivity contribution in [2.24, 2.45) is 0 Å². The van der Waals surface area contributed by atoms with Gasteiger partial charge in [-0.1, -0.05) is 24.3 Å². The van der Waals surface area contributed by atoms with Crippen molar-refractivity contribution in [1.82, 2.24) is 19.9 Å². The van der Waals surface area contributed by atoms with Crippen molar-refractivity contribution < 1.29 is 14.0 Å². The van der Waals surface area contributed by atoms with Crippen molar-refractivity contribution in [2.75, 3.05) is 5.32 Å². The van der Waals surface area contributed by atoms with Crippen molar-refractivity contribution in [3.05, 3.63) is 101 Å². The minimum absolute atomic E-state index is 0.120. The molecular formula is C25H19N5O4. The van der Waals surface area contributed by atoms with Gasteiger partial charge in [0.2, 0.25) is 11.5 Å². The Hall–Kier alpha value is -4.79. The Kier molecular flexibility index (Phi) is 5.57. The van der Waals surface area contributed by atoms with Crippen LogP contribution >= 0.6 is 0 Å². The van der Waals surface area contributed by atoms with E-state index in [4.69, 9.17) is 4.42 Å². The lowest BCUT2D eigenvalue weighted by Gasteiger charge is -2.09. The van der Waals surface area contributed by atoms with Gasteiger partial charge < -0.3 is 15.1 Å². The predicted molar refractivity (Wildman–Crippen MR) is 126 cm³/mol. The molecule has 168 valence electrons. The molecule has 0 aliphatic heterocycles. The molecule has 0 spiro atoms. The second-order valence-corrected chi connectivity index (χ2v) is 7.62. The lowest BCUT2D eigenvalue weighted by atomic mass is 10.2. The fraction of sp³-hybridized carbons (Fsp3) is 0.0800. The molecule has 0 aliphatic rings. The molecule has 9 nitrogen and oxygen atoms in total. The third-order valence-electron chi connectivity index (χ3n) is 5.28. The average molecular weight is 453 g/mol. The normalized spacial score (nSPS) is 10.9. The highest BCUT2D eigenvalue weighted by Gasteiger charge is 2.14. The first kappa shape index (κ1) is 21.1. The van der Waals surface area contributed by atoms with Crippen LogP contribution in [0.5, 0.6) is 0 Å². The Morgan fingerprint density at radius 2 is 1.82 bits per heavy atom. The molecule has 3 aromatic heterocycles. The molecule has 0 bridgehead atoms. The first-order valence-electron chi connectivity index (χ1n) is 10.5. The summed E-state index contributed by atoms with van der Waals surface area (Å²) in [7, 11) is 0. The van der Waals surface area contributed by atoms with Crippen LogP contribution in [0, 0.1) is 0 Å². The first-order chi connectivity index (χ1) is 16.6. The highest BCUT2D eigenvalue weighted by Crippen LogP contribution is 2.24. The quantitative estimate of drug-likeness (QED) is 0.408. The summed E-state index contributed by atoms with van der Waals surface area (Å²) in [5, 5.41) is 6.35. The summed E-state index contributed by atoms with van der Waals surface area (Å²) >= 11 is 0. The number of rotatable bonds is 6. The molecule has 2 aromatic carbocycles. The molecule has 0 fully saturated rings. The van der Waals surface area contributed by atoms with E-state index in [-0.39, 0.29) is 30.5 Å². The number of hydrogen-bond acceptors (Lipinski definition) is 6. The van der Waals surface area contributed by atoms with Crippen molar-refractivity contribution in [3.8, 4) is 0 Å². The smallest absolute Gasteiger partial charge is 0.297 e. The van der Waals surface area contributed by atoms with Crippen LogP contribution in [-0.2, 0) is 17.9 Å². The molecule has 5 aromatic rings. The Morgan fingerprint density at radius 1 is 1.00 bits per heavy atom. The number of fused-ring (bicyclic) bond motifs is 3. The molecule has 34 heavy (non-hydrogen) atoms. The molecule has 0 radical (unpaired) electrons. The number of amides is 2. The largest absolute Gasteiger partial charge is 0.448 e. The minimum atomic E-state index is -0.419. The fourth-order valence-electron chi connectivity index (χ4n) is 3.60. The summed E-state index contributed by atoms with van der Waals surface area (Å²) in [6.07, 6.45) is 4.45. The molecule has 0 saturated heterocycles. The maximum atomic E-state index is 12.8. The van der Waals surface area contributed by atoms with Crippen molar-refractivity contribution in [2.45, 2.75) is 13.1 Å². The second-order valence-electron chi connectivity index (χ2n) is 7.62. The van der Waals surface area contributed by atoms with Gasteiger partial charge in [-0.2, -0.15) is 0 Å². The molecule has 0 aliphatic carbocycles. The Bertz CT molecular complexity index is 1570. The number of nitrogens with one attached hydrogen (secondary N) is 2. The topological polar surface area (TPSA) is 119 Å². The average Bonchev–Trinajstić information content (AvgIpc) is 3.25. The second kappa shape index (κ2) is 8.99. The minimum Gasteiger partial charge on any atom is -0.448 e. The van der Waals surface area contributed by atoms with E-state index in [2.05, 4.69) is 20.6 Å². The van der Waals surface area contributed by atoms with Crippen LogP contribution in [-0.4, -0.2) is 26.3 Å². The van der Waals surface area contributed by atoms with Gasteiger partial charge in [-0.15, -0.1) is 0 Å². The summed E-state index contributed by atoms with van der Waals surface area (Å²) in [5.74, 6) is -0.609. The molecule has 3 heterocycles. The summed E-state index contributed by atoms with van der Waals surface area (Å²) in [5.41, 5.74) is 2.63. The van der Waals surface area contributed by atoms with Crippen LogP contribution in [0.1, 0.15) is 15.9 Å². The van der Waals surface area contributed by atoms with Gasteiger partial charge in [-0.25, -0.2) is 4.98 Å². The van der Waals surface area contributed by atoms with Gasteiger partial charge in [-0.3, -0.25) is 23.9 Å². The van der Waals surface area contributed by atoms with E-state index < -0.39 is 5.56 Å². The maximum absolute atomic E-state index is 12.8. The zero-order chi connectivity index (χ0) is 23.5. The monoisotopic (exact) mass is 453 g/mol. The molecule has 0 unspecified atom stereocenters. The van der Waals surface area contributed by atoms with Gasteiger partial charge in [0.15, 0.2) is 0 Å². The Balaban J connectivity index is 1.24. The van der Waals surface area contributed by atoms with Crippen LogP contribution in [0.3, 0.4) is 0 Å². The number of benzene rings is 2. The number of pyridine rings is 1. The Morgan fingerprint density at radius 3 is 2.68 bits per heavy atom. The first-order valence-corrected chi connectivity index (χ1v) is 10.5. The van der Waals surface area contributed by atoms with Gasteiger partial charge in [0.05, 0.1) is 6.33 Å². The SMILES string of the molecule is O=C(Cn1cnc2c(oc3ccccc32)c1=O)NCc1cccc(NC(=O)c2ccncc2)c1. The maximum Gasteiger partial charge on any atom is 0.297 e. The van der Waals surface area contributed by atoms with E-state index >= 15 is 0 Å². The number of aromatic nitrogens is 3. The summed E-state index contributed by atoms with van der Waals surface area (Å²) in [6.45, 7) is 0.0319. The predicted octanol–water partition coefficient (Wildman–Crippen LogP) is 3.11. The van der Waals surface area contributed by atoms with Gasteiger partial charge >= 0.3 is 0 Å². The van der Waals surface area contributed by atoms with Crippen LogP contribution in [0.4, 0.5) is 5.69 Å². The zero-order valence-corrected chi connectivity index (χ0v) is 17.9. The third kappa shape index (κ3) is 4.26. The van der Waals surface area contributed by atoms with E-state index in [0.29, 0.717) is 22.4 Å². The van der Waals surface area contributed by atoms with Gasteiger partial charge in [0, 0.05) is 35.6 Å². The summed E-state index contributed by atoms with van der Waals surface area (Å²) in [6, 6.07) is 17.7. The lowest BCUT2D eigenvalue weighted by molar-refractivity contribution is -0.121. The van der Waals surface area contributed by atoms with E-state index in [1.54, 1.807) is 48.8 Å². The number of anilines is 1. The number of carbonyl (C=O) groups excluding carboxylic acids is 2. The van der Waals surface area contributed by atoms with E-state index in [0.717, 1.165) is 10.9 Å². The lowest BCUT2D eigenvalue weighted by Crippen LogP contribution is -2.32. The van der Waals surface area contributed by atoms with Crippen LogP contribution in [0.15, 0.2) is 88.6 Å². The zero-order valence-electron chi connectivity index (χ0n) is 17.9. The molecule has 0 atom stereocenters. The fourth-order valence-corrected chi connectivity index (χ4v) is 3.60. The van der Waals surface area contributed by atoms with Crippen molar-refractivity contribution in [3.63, 3.8) is 0 Å². The standard InChI is InChI=1S/C25H19N5O4/c31-21(14-30-15-28-22-19-6-1-2-7-20(19)34-23(22)25(30)33)27-13-16-4-3-5-18(12-16)29-24(32)17-8-10-26-11-9-17/h1-12,15H,13-14H2,(H,27,31)(H,29,32). The van der Waals surface area contributed by atoms with Crippen molar-refractivity contribution >= 4 is 39.6 Å². The number of hydrogen-bond donors (Lipinski definition) is 2. The summed E-state index contributed by atoms with van der Waals surface area (Å²) < 4.78 is 6.86. The van der Waals surface area contributed by atoms with Gasteiger partial charge in [-0.05, 0) is 42.0 Å². The van der Waals surface area contributed by atoms with Crippen LogP contribution < -0.4 is 16.2 Å². The number of para-hydroxylation sites is 1. The summed E-state index contributed by atoms with van der Waals surface area (Å²) in [4.78, 5) is 45.8. The van der Waals surface area contributed by atoms with E-state index in [9.17, 15) is 14.4 Å². The number of carbonyl (C=O) groups is 2. The van der Waals surface area contributed by atoms with Gasteiger partial charge in [0.1, 0.15) is 17.6 Å². The Labute approximate surface area is 193 Å². The van der Waals surface area contributed by atoms with Crippen LogP contribution in [0.25, 0.3) is 22.1 Å². The van der Waals surface area contributed by atoms with Crippen LogP contribution in [0.2, 0.25) is 0 Å². The molecular weight excluding hydrogens is 434 g/mol. The molecule has 9 heteroatoms. The highest BCUT2D eigenvalue weighted by molar-refractivity contribution is 6.04.